The van der Waals surface area contributed by atoms with E-state index in [1.54, 1.807) is 45.3 Å². The Kier molecular flexibility index (Phi) is 9.07. The predicted molar refractivity (Wildman–Crippen MR) is 114 cm³/mol. The van der Waals surface area contributed by atoms with Crippen LogP contribution in [0.1, 0.15) is 38.1 Å². The van der Waals surface area contributed by atoms with Crippen LogP contribution in [0.25, 0.3) is 10.4 Å². The first-order valence-electron chi connectivity index (χ1n) is 9.68. The number of esters is 1. The minimum Gasteiger partial charge on any atom is -0.475 e. The van der Waals surface area contributed by atoms with Crippen LogP contribution in [0.5, 0.6) is 5.88 Å². The number of nitrogens with one attached hydrogen (secondary N) is 1. The summed E-state index contributed by atoms with van der Waals surface area (Å²) in [5, 5.41) is 4.39. The Hall–Kier alpha value is -2.65. The molecule has 164 valence electrons. The molecule has 1 N–H and O–H groups in total. The number of nitrogens with zero attached hydrogens (tertiary/aromatic N) is 1. The molecule has 0 atom stereocenters. The minimum absolute atomic E-state index is 0.321. The number of carbonyl (C=O) groups is 2. The number of rotatable bonds is 10. The Labute approximate surface area is 180 Å². The van der Waals surface area contributed by atoms with Crippen LogP contribution in [0.4, 0.5) is 4.79 Å². The first kappa shape index (κ1) is 23.6. The van der Waals surface area contributed by atoms with Crippen LogP contribution in [-0.4, -0.2) is 55.6 Å². The molecule has 30 heavy (non-hydrogen) atoms. The predicted octanol–water partition coefficient (Wildman–Crippen LogP) is 3.91. The number of ether oxygens (including phenoxy) is 4. The average molecular weight is 437 g/mol. The van der Waals surface area contributed by atoms with Crippen LogP contribution in [-0.2, 0) is 14.2 Å². The van der Waals surface area contributed by atoms with Gasteiger partial charge in [-0.2, -0.15) is 0 Å². The van der Waals surface area contributed by atoms with Crippen molar-refractivity contribution in [2.75, 3.05) is 33.0 Å². The van der Waals surface area contributed by atoms with Crippen LogP contribution in [0.15, 0.2) is 29.8 Å². The van der Waals surface area contributed by atoms with Crippen LogP contribution in [0, 0.1) is 0 Å². The maximum absolute atomic E-state index is 11.8. The summed E-state index contributed by atoms with van der Waals surface area (Å²) >= 11 is 1.45. The maximum Gasteiger partial charge on any atom is 0.407 e. The SMILES string of the molecule is CCOC(=O)c1csc(-c2ccnc(OCCOCCNC(=O)OC(C)(C)C)c2)c1. The summed E-state index contributed by atoms with van der Waals surface area (Å²) in [7, 11) is 0. The standard InChI is InChI=1S/C21H28N2O6S/c1-5-27-19(24)16-12-17(30-14-16)15-6-7-22-18(13-15)28-11-10-26-9-8-23-20(25)29-21(2,3)4/h6-7,12-14H,5,8-11H2,1-4H3,(H,23,25). The smallest absolute Gasteiger partial charge is 0.407 e. The molecule has 0 fully saturated rings. The van der Waals surface area contributed by atoms with Gasteiger partial charge in [0.25, 0.3) is 0 Å². The summed E-state index contributed by atoms with van der Waals surface area (Å²) in [4.78, 5) is 28.4. The lowest BCUT2D eigenvalue weighted by atomic mass is 10.2. The molecule has 0 unspecified atom stereocenters. The first-order chi connectivity index (χ1) is 14.3. The molecular weight excluding hydrogens is 408 g/mol. The highest BCUT2D eigenvalue weighted by Gasteiger charge is 2.15. The molecule has 2 rings (SSSR count). The molecule has 0 saturated carbocycles. The van der Waals surface area contributed by atoms with Crippen LogP contribution < -0.4 is 10.1 Å². The summed E-state index contributed by atoms with van der Waals surface area (Å²) in [6.45, 7) is 8.92. The monoisotopic (exact) mass is 436 g/mol. The zero-order chi connectivity index (χ0) is 22.0. The van der Waals surface area contributed by atoms with Gasteiger partial charge in [-0.05, 0) is 45.4 Å². The van der Waals surface area contributed by atoms with E-state index in [-0.39, 0.29) is 5.97 Å². The molecule has 0 saturated heterocycles. The lowest BCUT2D eigenvalue weighted by Crippen LogP contribution is -2.34. The highest BCUT2D eigenvalue weighted by Crippen LogP contribution is 2.29. The van der Waals surface area contributed by atoms with Gasteiger partial charge in [0.1, 0.15) is 12.2 Å². The van der Waals surface area contributed by atoms with E-state index >= 15 is 0 Å². The zero-order valence-corrected chi connectivity index (χ0v) is 18.5. The lowest BCUT2D eigenvalue weighted by Gasteiger charge is -2.19. The van der Waals surface area contributed by atoms with Crippen molar-refractivity contribution in [1.29, 1.82) is 0 Å². The largest absolute Gasteiger partial charge is 0.475 e. The van der Waals surface area contributed by atoms with E-state index in [1.807, 2.05) is 12.1 Å². The first-order valence-corrected chi connectivity index (χ1v) is 10.6. The Morgan fingerprint density at radius 2 is 1.97 bits per heavy atom. The highest BCUT2D eigenvalue weighted by atomic mass is 32.1. The number of hydrogen-bond donors (Lipinski definition) is 1. The van der Waals surface area contributed by atoms with Crippen molar-refractivity contribution in [1.82, 2.24) is 10.3 Å². The van der Waals surface area contributed by atoms with Gasteiger partial charge in [-0.15, -0.1) is 11.3 Å². The van der Waals surface area contributed by atoms with E-state index in [2.05, 4.69) is 10.3 Å². The van der Waals surface area contributed by atoms with E-state index in [1.165, 1.54) is 11.3 Å². The van der Waals surface area contributed by atoms with Crippen LogP contribution >= 0.6 is 11.3 Å². The molecule has 0 aliphatic rings. The van der Waals surface area contributed by atoms with E-state index in [0.29, 0.717) is 44.4 Å². The maximum atomic E-state index is 11.8. The van der Waals surface area contributed by atoms with Crippen molar-refractivity contribution in [3.05, 3.63) is 35.3 Å². The van der Waals surface area contributed by atoms with Crippen molar-refractivity contribution in [2.24, 2.45) is 0 Å². The number of alkyl carbamates (subject to hydrolysis) is 1. The molecule has 0 aromatic carbocycles. The second-order valence-corrected chi connectivity index (χ2v) is 8.10. The van der Waals surface area contributed by atoms with Crippen molar-refractivity contribution < 1.29 is 28.5 Å². The fourth-order valence-corrected chi connectivity index (χ4v) is 3.17. The highest BCUT2D eigenvalue weighted by molar-refractivity contribution is 7.13. The third-order valence-corrected chi connectivity index (χ3v) is 4.50. The van der Waals surface area contributed by atoms with E-state index in [9.17, 15) is 9.59 Å². The minimum atomic E-state index is -0.524. The van der Waals surface area contributed by atoms with Gasteiger partial charge in [0.15, 0.2) is 0 Å². The molecule has 0 spiro atoms. The molecule has 1 amide bonds. The Balaban J connectivity index is 1.71. The number of aromatic nitrogens is 1. The number of pyridine rings is 1. The fourth-order valence-electron chi connectivity index (χ4n) is 2.30. The van der Waals surface area contributed by atoms with Gasteiger partial charge in [0.2, 0.25) is 5.88 Å². The third kappa shape index (κ3) is 8.38. The molecule has 0 radical (unpaired) electrons. The summed E-state index contributed by atoms with van der Waals surface area (Å²) in [5.41, 5.74) is 0.914. The van der Waals surface area contributed by atoms with Gasteiger partial charge in [0, 0.05) is 29.1 Å². The Morgan fingerprint density at radius 1 is 1.17 bits per heavy atom. The Bertz CT molecular complexity index is 831. The number of amides is 1. The summed E-state index contributed by atoms with van der Waals surface area (Å²) in [6, 6.07) is 5.46. The van der Waals surface area contributed by atoms with Gasteiger partial charge < -0.3 is 24.3 Å². The summed E-state index contributed by atoms with van der Waals surface area (Å²) < 4.78 is 21.2. The Morgan fingerprint density at radius 3 is 2.70 bits per heavy atom. The molecular formula is C21H28N2O6S. The summed E-state index contributed by atoms with van der Waals surface area (Å²) in [6.07, 6.45) is 1.18. The second kappa shape index (κ2) is 11.5. The topological polar surface area (TPSA) is 96.0 Å². The number of thiophene rings is 1. The number of carbonyl (C=O) groups excluding carboxylic acids is 2. The average Bonchev–Trinajstić information content (AvgIpc) is 3.17. The summed E-state index contributed by atoms with van der Waals surface area (Å²) in [5.74, 6) is 0.137. The molecule has 9 heteroatoms. The van der Waals surface area contributed by atoms with Gasteiger partial charge in [0.05, 0.1) is 25.4 Å². The van der Waals surface area contributed by atoms with E-state index in [0.717, 1.165) is 10.4 Å². The quantitative estimate of drug-likeness (QED) is 0.446. The van der Waals surface area contributed by atoms with Gasteiger partial charge in [-0.3, -0.25) is 0 Å². The van der Waals surface area contributed by atoms with Gasteiger partial charge in [-0.25, -0.2) is 14.6 Å². The molecule has 2 aromatic heterocycles. The molecule has 0 aliphatic carbocycles. The van der Waals surface area contributed by atoms with E-state index < -0.39 is 11.7 Å². The molecule has 0 bridgehead atoms. The zero-order valence-electron chi connectivity index (χ0n) is 17.7. The normalized spacial score (nSPS) is 11.1. The van der Waals surface area contributed by atoms with Crippen molar-refractivity contribution >= 4 is 23.4 Å². The molecule has 0 aliphatic heterocycles. The van der Waals surface area contributed by atoms with Crippen molar-refractivity contribution in [2.45, 2.75) is 33.3 Å². The van der Waals surface area contributed by atoms with Crippen molar-refractivity contribution in [3.63, 3.8) is 0 Å². The van der Waals surface area contributed by atoms with Crippen LogP contribution in [0.2, 0.25) is 0 Å². The van der Waals surface area contributed by atoms with Crippen LogP contribution in [0.3, 0.4) is 0 Å². The fraction of sp³-hybridized carbons (Fsp3) is 0.476. The van der Waals surface area contributed by atoms with Crippen molar-refractivity contribution in [3.8, 4) is 16.3 Å². The molecule has 8 nitrogen and oxygen atoms in total. The lowest BCUT2D eigenvalue weighted by molar-refractivity contribution is 0.0486. The number of hydrogen-bond acceptors (Lipinski definition) is 8. The third-order valence-electron chi connectivity index (χ3n) is 3.52. The molecule has 2 aromatic rings. The molecule has 2 heterocycles. The van der Waals surface area contributed by atoms with Gasteiger partial charge in [-0.1, -0.05) is 0 Å². The van der Waals surface area contributed by atoms with E-state index in [4.69, 9.17) is 18.9 Å². The second-order valence-electron chi connectivity index (χ2n) is 7.19. The van der Waals surface area contributed by atoms with Gasteiger partial charge >= 0.3 is 12.1 Å².